The van der Waals surface area contributed by atoms with Gasteiger partial charge in [-0.1, -0.05) is 91.0 Å². The molecule has 0 spiro atoms. The average molecular weight is 718 g/mol. The number of imidazole rings is 1. The molecule has 0 atom stereocenters. The normalized spacial score (nSPS) is 12.7. The molecule has 262 valence electrons. The lowest BCUT2D eigenvalue weighted by atomic mass is 10.1. The third-order valence-electron chi connectivity index (χ3n) is 11.9. The highest BCUT2D eigenvalue weighted by atomic mass is 16.5. The van der Waals surface area contributed by atoms with E-state index in [0.29, 0.717) is 12.6 Å². The zero-order valence-electron chi connectivity index (χ0n) is 30.1. The van der Waals surface area contributed by atoms with Crippen molar-refractivity contribution in [3.8, 4) is 28.8 Å². The summed E-state index contributed by atoms with van der Waals surface area (Å²) < 4.78 is 15.9. The Labute approximate surface area is 320 Å². The molecule has 1 aliphatic heterocycles. The first kappa shape index (κ1) is 29.8. The first-order chi connectivity index (χ1) is 27.8. The Morgan fingerprint density at radius 1 is 0.375 bits per heavy atom. The Hall–Kier alpha value is -7.57. The number of hydrogen-bond donors (Lipinski definition) is 0. The van der Waals surface area contributed by atoms with E-state index in [1.54, 1.807) is 0 Å². The lowest BCUT2D eigenvalue weighted by Crippen LogP contribution is -2.10. The standard InChI is InChI=1S/C50H31N5O/c1-6-16-42-35(11-1)36-12-2-7-17-43(36)53(42)32-23-25-46-39(27-32)40-28-33(54-44-18-8-3-13-37(44)38-14-4-9-19-45(38)54)24-26-47(40)55(46)34-22-21-31-30-52-48-20-10-5-15-41(48)51-50(52)56-49(31)29-34/h1-29H,30H2. The molecule has 12 aromatic rings. The second-order valence-electron chi connectivity index (χ2n) is 14.8. The van der Waals surface area contributed by atoms with Crippen molar-refractivity contribution in [2.24, 2.45) is 0 Å². The van der Waals surface area contributed by atoms with Crippen LogP contribution in [0.15, 0.2) is 176 Å². The minimum atomic E-state index is 0.629. The first-order valence-corrected chi connectivity index (χ1v) is 19.1. The monoisotopic (exact) mass is 717 g/mol. The summed E-state index contributed by atoms with van der Waals surface area (Å²) in [5.41, 5.74) is 13.5. The Kier molecular flexibility index (Phi) is 5.86. The summed E-state index contributed by atoms with van der Waals surface area (Å²) >= 11 is 0. The van der Waals surface area contributed by atoms with Crippen molar-refractivity contribution in [2.75, 3.05) is 0 Å². The van der Waals surface area contributed by atoms with Crippen LogP contribution in [0, 0.1) is 0 Å². The Morgan fingerprint density at radius 3 is 1.30 bits per heavy atom. The fraction of sp³-hybridized carbons (Fsp3) is 0.0200. The van der Waals surface area contributed by atoms with Gasteiger partial charge in [-0.15, -0.1) is 0 Å². The van der Waals surface area contributed by atoms with Crippen LogP contribution >= 0.6 is 0 Å². The molecule has 0 radical (unpaired) electrons. The SMILES string of the molecule is c1ccc2c(c1)nc1n2Cc2ccc(-n3c4ccc(-n5c6ccccc6c6ccccc65)cc4c4cc(-n5c6ccccc6c6ccccc65)ccc43)cc2O1. The number of fused-ring (bicyclic) bond motifs is 13. The van der Waals surface area contributed by atoms with Crippen LogP contribution in [0.5, 0.6) is 11.8 Å². The lowest BCUT2D eigenvalue weighted by molar-refractivity contribution is 0.393. The van der Waals surface area contributed by atoms with Crippen LogP contribution in [0.4, 0.5) is 0 Å². The number of benzene rings is 8. The Morgan fingerprint density at radius 2 is 0.786 bits per heavy atom. The zero-order valence-corrected chi connectivity index (χ0v) is 30.1. The van der Waals surface area contributed by atoms with Crippen molar-refractivity contribution >= 4 is 76.5 Å². The van der Waals surface area contributed by atoms with E-state index in [1.165, 1.54) is 54.4 Å². The predicted molar refractivity (Wildman–Crippen MR) is 228 cm³/mol. The molecular formula is C50H31N5O. The molecule has 13 rings (SSSR count). The molecule has 1 aliphatic rings. The van der Waals surface area contributed by atoms with Gasteiger partial charge >= 0.3 is 6.01 Å². The van der Waals surface area contributed by atoms with Crippen LogP contribution in [-0.2, 0) is 6.54 Å². The fourth-order valence-corrected chi connectivity index (χ4v) is 9.42. The molecule has 0 saturated heterocycles. The average Bonchev–Trinajstić information content (AvgIpc) is 3.98. The third kappa shape index (κ3) is 4.02. The Balaban J connectivity index is 1.07. The molecule has 0 amide bonds. The van der Waals surface area contributed by atoms with Crippen LogP contribution in [0.3, 0.4) is 0 Å². The van der Waals surface area contributed by atoms with Crippen LogP contribution in [0.25, 0.3) is 93.5 Å². The van der Waals surface area contributed by atoms with E-state index < -0.39 is 0 Å². The maximum absolute atomic E-state index is 6.56. The third-order valence-corrected chi connectivity index (χ3v) is 11.9. The molecule has 0 saturated carbocycles. The number of aromatic nitrogens is 5. The van der Waals surface area contributed by atoms with E-state index in [9.17, 15) is 0 Å². The topological polar surface area (TPSA) is 41.8 Å². The van der Waals surface area contributed by atoms with Gasteiger partial charge < -0.3 is 18.4 Å². The number of para-hydroxylation sites is 6. The molecule has 8 aromatic carbocycles. The molecule has 5 heterocycles. The minimum Gasteiger partial charge on any atom is -0.425 e. The molecule has 0 N–H and O–H groups in total. The van der Waals surface area contributed by atoms with Gasteiger partial charge in [-0.2, -0.15) is 4.98 Å². The molecule has 4 aromatic heterocycles. The van der Waals surface area contributed by atoms with Gasteiger partial charge in [0, 0.05) is 61.0 Å². The first-order valence-electron chi connectivity index (χ1n) is 19.1. The van der Waals surface area contributed by atoms with Crippen LogP contribution in [0.2, 0.25) is 0 Å². The second kappa shape index (κ2) is 11.0. The molecule has 0 unspecified atom stereocenters. The van der Waals surface area contributed by atoms with E-state index in [-0.39, 0.29) is 0 Å². The summed E-state index contributed by atoms with van der Waals surface area (Å²) in [4.78, 5) is 4.83. The zero-order chi connectivity index (χ0) is 36.5. The van der Waals surface area contributed by atoms with Crippen LogP contribution in [-0.4, -0.2) is 23.3 Å². The summed E-state index contributed by atoms with van der Waals surface area (Å²) in [7, 11) is 0. The smallest absolute Gasteiger partial charge is 0.303 e. The van der Waals surface area contributed by atoms with E-state index in [1.807, 2.05) is 12.1 Å². The van der Waals surface area contributed by atoms with Crippen molar-refractivity contribution in [2.45, 2.75) is 6.54 Å². The van der Waals surface area contributed by atoms with Crippen molar-refractivity contribution < 1.29 is 4.74 Å². The lowest BCUT2D eigenvalue weighted by Gasteiger charge is -2.20. The van der Waals surface area contributed by atoms with Gasteiger partial charge in [0.25, 0.3) is 0 Å². The van der Waals surface area contributed by atoms with Crippen LogP contribution < -0.4 is 4.74 Å². The molecule has 56 heavy (non-hydrogen) atoms. The van der Waals surface area contributed by atoms with Gasteiger partial charge in [-0.25, -0.2) is 0 Å². The molecule has 6 nitrogen and oxygen atoms in total. The predicted octanol–water partition coefficient (Wildman–Crippen LogP) is 12.5. The van der Waals surface area contributed by atoms with Crippen molar-refractivity contribution in [3.05, 3.63) is 181 Å². The maximum atomic E-state index is 6.56. The van der Waals surface area contributed by atoms with Crippen molar-refractivity contribution in [1.29, 1.82) is 0 Å². The number of rotatable bonds is 3. The number of hydrogen-bond acceptors (Lipinski definition) is 2. The summed E-state index contributed by atoms with van der Waals surface area (Å²) in [6, 6.07) is 64.2. The highest BCUT2D eigenvalue weighted by Crippen LogP contribution is 2.41. The molecule has 0 fully saturated rings. The second-order valence-corrected chi connectivity index (χ2v) is 14.8. The van der Waals surface area contributed by atoms with E-state index >= 15 is 0 Å². The molecular weight excluding hydrogens is 687 g/mol. The fourth-order valence-electron chi connectivity index (χ4n) is 9.42. The van der Waals surface area contributed by atoms with E-state index in [2.05, 4.69) is 182 Å². The highest BCUT2D eigenvalue weighted by molar-refractivity contribution is 6.14. The summed E-state index contributed by atoms with van der Waals surface area (Å²) in [6.45, 7) is 0.711. The van der Waals surface area contributed by atoms with E-state index in [4.69, 9.17) is 9.72 Å². The summed E-state index contributed by atoms with van der Waals surface area (Å²) in [6.07, 6.45) is 0. The number of ether oxygens (including phenoxy) is 1. The molecule has 0 aliphatic carbocycles. The highest BCUT2D eigenvalue weighted by Gasteiger charge is 2.23. The Bertz CT molecular complexity index is 3340. The van der Waals surface area contributed by atoms with Gasteiger partial charge in [0.05, 0.1) is 50.7 Å². The van der Waals surface area contributed by atoms with Gasteiger partial charge in [0.15, 0.2) is 0 Å². The summed E-state index contributed by atoms with van der Waals surface area (Å²) in [5, 5.41) is 7.37. The largest absolute Gasteiger partial charge is 0.425 e. The summed E-state index contributed by atoms with van der Waals surface area (Å²) in [5.74, 6) is 0.837. The van der Waals surface area contributed by atoms with Crippen LogP contribution in [0.1, 0.15) is 5.56 Å². The maximum Gasteiger partial charge on any atom is 0.303 e. The number of nitrogens with zero attached hydrogens (tertiary/aromatic N) is 5. The quantitative estimate of drug-likeness (QED) is 0.183. The minimum absolute atomic E-state index is 0.629. The van der Waals surface area contributed by atoms with Gasteiger partial charge in [-0.3, -0.25) is 4.57 Å². The van der Waals surface area contributed by atoms with E-state index in [0.717, 1.165) is 50.4 Å². The molecule has 0 bridgehead atoms. The van der Waals surface area contributed by atoms with Gasteiger partial charge in [0.2, 0.25) is 0 Å². The van der Waals surface area contributed by atoms with Gasteiger partial charge in [0.1, 0.15) is 5.75 Å². The van der Waals surface area contributed by atoms with Gasteiger partial charge in [-0.05, 0) is 78.9 Å². The molecule has 6 heteroatoms. The van der Waals surface area contributed by atoms with Crippen molar-refractivity contribution in [3.63, 3.8) is 0 Å². The van der Waals surface area contributed by atoms with Crippen molar-refractivity contribution in [1.82, 2.24) is 23.3 Å².